The summed E-state index contributed by atoms with van der Waals surface area (Å²) >= 11 is 6.25. The van der Waals surface area contributed by atoms with E-state index in [1.165, 1.54) is 0 Å². The molecule has 0 atom stereocenters. The standard InChI is InChI=1S/C18H20ClN3O/c1-14-6-2-4-8-16(14)20-18(23)22-12-10-21(11-13-22)17-9-5-3-7-15(17)19/h2-9H,10-13H2,1H3,(H,20,23). The second-order valence-electron chi connectivity index (χ2n) is 5.67. The van der Waals surface area contributed by atoms with Gasteiger partial charge in [0.1, 0.15) is 0 Å². The molecule has 120 valence electrons. The molecule has 0 bridgehead atoms. The lowest BCUT2D eigenvalue weighted by molar-refractivity contribution is 0.208. The molecule has 0 aromatic heterocycles. The van der Waals surface area contributed by atoms with Crippen LogP contribution in [0.3, 0.4) is 0 Å². The zero-order chi connectivity index (χ0) is 16.2. The van der Waals surface area contributed by atoms with E-state index in [0.29, 0.717) is 13.1 Å². The van der Waals surface area contributed by atoms with Gasteiger partial charge in [0.15, 0.2) is 0 Å². The van der Waals surface area contributed by atoms with Crippen LogP contribution < -0.4 is 10.2 Å². The number of halogens is 1. The summed E-state index contributed by atoms with van der Waals surface area (Å²) in [5.41, 5.74) is 2.97. The summed E-state index contributed by atoms with van der Waals surface area (Å²) in [6, 6.07) is 15.6. The van der Waals surface area contributed by atoms with E-state index in [9.17, 15) is 4.79 Å². The van der Waals surface area contributed by atoms with Gasteiger partial charge in [-0.25, -0.2) is 4.79 Å². The lowest BCUT2D eigenvalue weighted by Gasteiger charge is -2.36. The highest BCUT2D eigenvalue weighted by Gasteiger charge is 2.22. The van der Waals surface area contributed by atoms with E-state index in [4.69, 9.17) is 11.6 Å². The fraction of sp³-hybridized carbons (Fsp3) is 0.278. The van der Waals surface area contributed by atoms with Crippen LogP contribution in [0.25, 0.3) is 0 Å². The number of nitrogens with zero attached hydrogens (tertiary/aromatic N) is 2. The van der Waals surface area contributed by atoms with Gasteiger partial charge in [-0.15, -0.1) is 0 Å². The average Bonchev–Trinajstić information content (AvgIpc) is 2.57. The highest BCUT2D eigenvalue weighted by Crippen LogP contribution is 2.26. The van der Waals surface area contributed by atoms with Crippen molar-refractivity contribution in [2.45, 2.75) is 6.92 Å². The Kier molecular flexibility index (Phi) is 4.72. The van der Waals surface area contributed by atoms with Crippen molar-refractivity contribution in [3.05, 3.63) is 59.1 Å². The van der Waals surface area contributed by atoms with Gasteiger partial charge in [-0.2, -0.15) is 0 Å². The summed E-state index contributed by atoms with van der Waals surface area (Å²) in [6.45, 7) is 4.92. The number of anilines is 2. The Hall–Kier alpha value is -2.20. The molecule has 1 aliphatic heterocycles. The van der Waals surface area contributed by atoms with E-state index in [-0.39, 0.29) is 6.03 Å². The Morgan fingerprint density at radius 3 is 2.35 bits per heavy atom. The summed E-state index contributed by atoms with van der Waals surface area (Å²) in [6.07, 6.45) is 0. The number of urea groups is 1. The van der Waals surface area contributed by atoms with E-state index < -0.39 is 0 Å². The number of aryl methyl sites for hydroxylation is 1. The van der Waals surface area contributed by atoms with E-state index >= 15 is 0 Å². The molecular formula is C18H20ClN3O. The van der Waals surface area contributed by atoms with Gasteiger partial charge in [0, 0.05) is 31.9 Å². The van der Waals surface area contributed by atoms with Crippen LogP contribution in [0.4, 0.5) is 16.2 Å². The van der Waals surface area contributed by atoms with Gasteiger partial charge in [-0.3, -0.25) is 0 Å². The van der Waals surface area contributed by atoms with Crippen LogP contribution in [-0.4, -0.2) is 37.1 Å². The lowest BCUT2D eigenvalue weighted by Crippen LogP contribution is -2.50. The van der Waals surface area contributed by atoms with Crippen molar-refractivity contribution >= 4 is 29.0 Å². The van der Waals surface area contributed by atoms with Crippen molar-refractivity contribution < 1.29 is 4.79 Å². The molecule has 0 spiro atoms. The van der Waals surface area contributed by atoms with Gasteiger partial charge in [0.2, 0.25) is 0 Å². The summed E-state index contributed by atoms with van der Waals surface area (Å²) in [4.78, 5) is 16.5. The maximum absolute atomic E-state index is 12.4. The number of carbonyl (C=O) groups is 1. The molecule has 2 aromatic carbocycles. The van der Waals surface area contributed by atoms with E-state index in [1.54, 1.807) is 0 Å². The molecule has 1 saturated heterocycles. The summed E-state index contributed by atoms with van der Waals surface area (Å²) < 4.78 is 0. The van der Waals surface area contributed by atoms with Gasteiger partial charge in [-0.1, -0.05) is 41.9 Å². The molecule has 0 saturated carbocycles. The zero-order valence-corrected chi connectivity index (χ0v) is 13.9. The fourth-order valence-corrected chi connectivity index (χ4v) is 3.02. The number of benzene rings is 2. The van der Waals surface area contributed by atoms with Crippen LogP contribution in [0.15, 0.2) is 48.5 Å². The number of para-hydroxylation sites is 2. The molecule has 1 heterocycles. The minimum atomic E-state index is -0.0434. The number of piperazine rings is 1. The number of hydrogen-bond acceptors (Lipinski definition) is 2. The van der Waals surface area contributed by atoms with Gasteiger partial charge < -0.3 is 15.1 Å². The molecule has 2 amide bonds. The number of nitrogens with one attached hydrogen (secondary N) is 1. The average molecular weight is 330 g/mol. The predicted octanol–water partition coefficient (Wildman–Crippen LogP) is 4.00. The van der Waals surface area contributed by atoms with E-state index in [1.807, 2.05) is 60.4 Å². The van der Waals surface area contributed by atoms with Crippen molar-refractivity contribution in [3.63, 3.8) is 0 Å². The number of rotatable bonds is 2. The van der Waals surface area contributed by atoms with Gasteiger partial charge in [0.05, 0.1) is 10.7 Å². The van der Waals surface area contributed by atoms with Gasteiger partial charge >= 0.3 is 6.03 Å². The third kappa shape index (κ3) is 3.59. The van der Waals surface area contributed by atoms with Crippen molar-refractivity contribution in [1.82, 2.24) is 4.90 Å². The number of carbonyl (C=O) groups excluding carboxylic acids is 1. The molecule has 23 heavy (non-hydrogen) atoms. The monoisotopic (exact) mass is 329 g/mol. The maximum atomic E-state index is 12.4. The Bertz CT molecular complexity index is 696. The Labute approximate surface area is 141 Å². The first-order valence-corrected chi connectivity index (χ1v) is 8.14. The number of hydrogen-bond donors (Lipinski definition) is 1. The third-order valence-electron chi connectivity index (χ3n) is 4.15. The molecule has 5 heteroatoms. The molecule has 1 fully saturated rings. The van der Waals surface area contributed by atoms with Crippen LogP contribution in [0.1, 0.15) is 5.56 Å². The Morgan fingerprint density at radius 2 is 1.65 bits per heavy atom. The van der Waals surface area contributed by atoms with E-state index in [2.05, 4.69) is 10.2 Å². The summed E-state index contributed by atoms with van der Waals surface area (Å²) in [7, 11) is 0. The van der Waals surface area contributed by atoms with Crippen LogP contribution in [0.2, 0.25) is 5.02 Å². The van der Waals surface area contributed by atoms with Gasteiger partial charge in [0.25, 0.3) is 0 Å². The molecule has 1 N–H and O–H groups in total. The largest absolute Gasteiger partial charge is 0.367 e. The third-order valence-corrected chi connectivity index (χ3v) is 4.47. The van der Waals surface area contributed by atoms with Crippen LogP contribution in [-0.2, 0) is 0 Å². The second-order valence-corrected chi connectivity index (χ2v) is 6.08. The van der Waals surface area contributed by atoms with Gasteiger partial charge in [-0.05, 0) is 30.7 Å². The Balaban J connectivity index is 1.60. The first kappa shape index (κ1) is 15.7. The first-order chi connectivity index (χ1) is 11.1. The Morgan fingerprint density at radius 1 is 1.00 bits per heavy atom. The molecule has 2 aromatic rings. The molecule has 3 rings (SSSR count). The zero-order valence-electron chi connectivity index (χ0n) is 13.1. The maximum Gasteiger partial charge on any atom is 0.321 e. The predicted molar refractivity (Wildman–Crippen MR) is 95.4 cm³/mol. The minimum Gasteiger partial charge on any atom is -0.367 e. The van der Waals surface area contributed by atoms with Crippen molar-refractivity contribution in [1.29, 1.82) is 0 Å². The van der Waals surface area contributed by atoms with E-state index in [0.717, 1.165) is 35.1 Å². The molecule has 0 unspecified atom stereocenters. The smallest absolute Gasteiger partial charge is 0.321 e. The molecule has 0 aliphatic carbocycles. The van der Waals surface area contributed by atoms with Crippen molar-refractivity contribution in [3.8, 4) is 0 Å². The van der Waals surface area contributed by atoms with Crippen LogP contribution in [0, 0.1) is 6.92 Å². The molecular weight excluding hydrogens is 310 g/mol. The van der Waals surface area contributed by atoms with Crippen molar-refractivity contribution in [2.75, 3.05) is 36.4 Å². The van der Waals surface area contributed by atoms with Crippen LogP contribution >= 0.6 is 11.6 Å². The normalized spacial score (nSPS) is 14.7. The molecule has 1 aliphatic rings. The highest BCUT2D eigenvalue weighted by molar-refractivity contribution is 6.33. The quantitative estimate of drug-likeness (QED) is 0.903. The topological polar surface area (TPSA) is 35.6 Å². The summed E-state index contributed by atoms with van der Waals surface area (Å²) in [5, 5.41) is 3.74. The minimum absolute atomic E-state index is 0.0434. The summed E-state index contributed by atoms with van der Waals surface area (Å²) in [5.74, 6) is 0. The molecule has 0 radical (unpaired) electrons. The lowest BCUT2D eigenvalue weighted by atomic mass is 10.2. The SMILES string of the molecule is Cc1ccccc1NC(=O)N1CCN(c2ccccc2Cl)CC1. The highest BCUT2D eigenvalue weighted by atomic mass is 35.5. The first-order valence-electron chi connectivity index (χ1n) is 7.76. The van der Waals surface area contributed by atoms with Crippen LogP contribution in [0.5, 0.6) is 0 Å². The number of amides is 2. The second kappa shape index (κ2) is 6.92. The van der Waals surface area contributed by atoms with Crippen molar-refractivity contribution in [2.24, 2.45) is 0 Å². The molecule has 4 nitrogen and oxygen atoms in total. The fourth-order valence-electron chi connectivity index (χ4n) is 2.77.